The smallest absolute Gasteiger partial charge is 0.332 e. The van der Waals surface area contributed by atoms with Gasteiger partial charge in [-0.25, -0.2) is 20.0 Å². The van der Waals surface area contributed by atoms with Gasteiger partial charge in [-0.3, -0.25) is 19.1 Å². The number of nitrogens with zero attached hydrogens (tertiary/aromatic N) is 3. The zero-order valence-electron chi connectivity index (χ0n) is 21.0. The third-order valence-electron chi connectivity index (χ3n) is 5.77. The van der Waals surface area contributed by atoms with Crippen molar-refractivity contribution in [2.75, 3.05) is 25.3 Å². The summed E-state index contributed by atoms with van der Waals surface area (Å²) in [4.78, 5) is 47.6. The van der Waals surface area contributed by atoms with E-state index in [0.29, 0.717) is 18.6 Å². The highest BCUT2D eigenvalue weighted by atomic mass is 31.2. The molecule has 14 nitrogen and oxygen atoms in total. The van der Waals surface area contributed by atoms with E-state index in [0.717, 1.165) is 0 Å². The van der Waals surface area contributed by atoms with Crippen LogP contribution < -0.4 is 26.2 Å². The number of fused-ring (bicyclic) bond motifs is 1. The molecular weight excluding hydrogens is 517 g/mol. The van der Waals surface area contributed by atoms with Crippen molar-refractivity contribution in [3.8, 4) is 5.75 Å². The molecule has 1 aliphatic carbocycles. The van der Waals surface area contributed by atoms with Gasteiger partial charge in [-0.05, 0) is 38.8 Å². The van der Waals surface area contributed by atoms with Gasteiger partial charge in [-0.2, -0.15) is 4.98 Å². The van der Waals surface area contributed by atoms with Crippen molar-refractivity contribution in [1.82, 2.24) is 29.7 Å². The Balaban J connectivity index is 1.44. The second kappa shape index (κ2) is 11.4. The quantitative estimate of drug-likeness (QED) is 0.103. The fourth-order valence-corrected chi connectivity index (χ4v) is 6.08. The molecule has 4 rings (SSSR count). The molecule has 1 aliphatic rings. The molecule has 2 heterocycles. The maximum atomic E-state index is 14.0. The summed E-state index contributed by atoms with van der Waals surface area (Å²) in [5.41, 5.74) is 4.39. The molecule has 1 aromatic carbocycles. The highest BCUT2D eigenvalue weighted by molar-refractivity contribution is 7.59. The molecular formula is C23H30N7O7P. The Bertz CT molecular complexity index is 1400. The predicted octanol–water partition coefficient (Wildman–Crippen LogP) is 1.14. The van der Waals surface area contributed by atoms with Crippen LogP contribution in [0, 0.1) is 0 Å². The number of imidazole rings is 1. The molecule has 5 N–H and O–H groups in total. The Morgan fingerprint density at radius 1 is 1.29 bits per heavy atom. The molecule has 0 spiro atoms. The van der Waals surface area contributed by atoms with Crippen LogP contribution in [0.5, 0.6) is 5.75 Å². The Hall–Kier alpha value is -3.58. The Labute approximate surface area is 217 Å². The minimum atomic E-state index is -3.68. The number of aromatic nitrogens is 4. The molecule has 3 aromatic rings. The normalized spacial score (nSPS) is 16.5. The van der Waals surface area contributed by atoms with Crippen LogP contribution in [0.3, 0.4) is 0 Å². The van der Waals surface area contributed by atoms with E-state index >= 15 is 0 Å². The zero-order valence-corrected chi connectivity index (χ0v) is 21.9. The fraction of sp³-hybridized carbons (Fsp3) is 0.435. The predicted molar refractivity (Wildman–Crippen MR) is 137 cm³/mol. The molecule has 204 valence electrons. The number of carbonyl (C=O) groups is 2. The van der Waals surface area contributed by atoms with Crippen LogP contribution in [0.25, 0.3) is 11.2 Å². The topological polar surface area (TPSA) is 193 Å². The zero-order chi connectivity index (χ0) is 27.3. The number of hydrogen-bond acceptors (Lipinski definition) is 10. The van der Waals surface area contributed by atoms with Gasteiger partial charge >= 0.3 is 11.9 Å². The number of rotatable bonds is 13. The number of nitrogens with one attached hydrogen (secondary N) is 3. The molecule has 1 saturated carbocycles. The summed E-state index contributed by atoms with van der Waals surface area (Å²) in [6.45, 7) is 3.62. The molecule has 1 unspecified atom stereocenters. The van der Waals surface area contributed by atoms with Gasteiger partial charge < -0.3 is 24.5 Å². The van der Waals surface area contributed by atoms with Crippen LogP contribution in [-0.4, -0.2) is 62.6 Å². The van der Waals surface area contributed by atoms with Gasteiger partial charge in [-0.15, -0.1) is 0 Å². The van der Waals surface area contributed by atoms with E-state index < -0.39 is 36.5 Å². The second-order valence-corrected chi connectivity index (χ2v) is 11.1. The number of para-hydroxylation sites is 1. The molecule has 0 saturated heterocycles. The molecule has 15 heteroatoms. The van der Waals surface area contributed by atoms with Crippen LogP contribution in [0.1, 0.15) is 26.7 Å². The third kappa shape index (κ3) is 6.45. The summed E-state index contributed by atoms with van der Waals surface area (Å²) < 4.78 is 31.7. The van der Waals surface area contributed by atoms with Crippen molar-refractivity contribution in [3.63, 3.8) is 0 Å². The Morgan fingerprint density at radius 3 is 2.71 bits per heavy atom. The van der Waals surface area contributed by atoms with Crippen molar-refractivity contribution in [1.29, 1.82) is 0 Å². The number of carbonyl (C=O) groups excluding carboxylic acids is 2. The summed E-state index contributed by atoms with van der Waals surface area (Å²) in [5, 5.41) is 5.69. The molecule has 38 heavy (non-hydrogen) atoms. The minimum Gasteiger partial charge on any atom is -0.465 e. The van der Waals surface area contributed by atoms with Crippen molar-refractivity contribution in [2.45, 2.75) is 44.8 Å². The lowest BCUT2D eigenvalue weighted by Gasteiger charge is -2.27. The van der Waals surface area contributed by atoms with Crippen LogP contribution in [-0.2, 0) is 30.2 Å². The van der Waals surface area contributed by atoms with Gasteiger partial charge in [0.25, 0.3) is 5.56 Å². The van der Waals surface area contributed by atoms with Gasteiger partial charge in [0.1, 0.15) is 23.7 Å². The van der Waals surface area contributed by atoms with E-state index in [1.807, 2.05) is 0 Å². The number of anilines is 1. The lowest BCUT2D eigenvalue weighted by atomic mass is 10.3. The standard InChI is InChI=1S/C23H30N7O7P/c1-3-36-20(32)15(2)28-38(34,29-23(9-10-23)21(33)37-16-7-5-4-6-8-16)14-35-12-11-30-13-25-17-18(30)26-22(24)27-19(17)31/h4-8,13,15H,3,9-12,14H2,1-2H3,(H2,28,29,34)(H3,24,26,27,31)/t15-,38?/m0/s1. The summed E-state index contributed by atoms with van der Waals surface area (Å²) in [6, 6.07) is 7.63. The van der Waals surface area contributed by atoms with Gasteiger partial charge in [0, 0.05) is 6.54 Å². The molecule has 0 bridgehead atoms. The van der Waals surface area contributed by atoms with Crippen molar-refractivity contribution < 1.29 is 28.4 Å². The number of nitrogen functional groups attached to an aromatic ring is 1. The van der Waals surface area contributed by atoms with E-state index in [4.69, 9.17) is 19.9 Å². The summed E-state index contributed by atoms with van der Waals surface area (Å²) in [6.07, 6.45) is 1.88. The second-order valence-electron chi connectivity index (χ2n) is 8.84. The number of ether oxygens (including phenoxy) is 3. The maximum Gasteiger partial charge on any atom is 0.332 e. The molecule has 2 aromatic heterocycles. The van der Waals surface area contributed by atoms with Gasteiger partial charge in [0.05, 0.1) is 19.5 Å². The van der Waals surface area contributed by atoms with Crippen molar-refractivity contribution in [3.05, 3.63) is 47.0 Å². The molecule has 1 fully saturated rings. The third-order valence-corrected chi connectivity index (χ3v) is 7.91. The SMILES string of the molecule is CCOC(=O)[C@H](C)NP(=O)(COCCn1cnc2c(=O)[nH]c(N)nc21)NC1(C(=O)Oc2ccccc2)CC1. The van der Waals surface area contributed by atoms with Crippen LogP contribution in [0.4, 0.5) is 5.95 Å². The molecule has 2 atom stereocenters. The number of esters is 2. The average molecular weight is 548 g/mol. The highest BCUT2D eigenvalue weighted by Gasteiger charge is 2.55. The number of hydrogen-bond donors (Lipinski definition) is 4. The number of nitrogens with two attached hydrogens (primary N) is 1. The molecule has 0 radical (unpaired) electrons. The van der Waals surface area contributed by atoms with E-state index in [-0.39, 0.29) is 43.2 Å². The lowest BCUT2D eigenvalue weighted by Crippen LogP contribution is -2.46. The van der Waals surface area contributed by atoms with Crippen molar-refractivity contribution in [2.24, 2.45) is 0 Å². The van der Waals surface area contributed by atoms with E-state index in [1.165, 1.54) is 13.3 Å². The Morgan fingerprint density at radius 2 is 2.03 bits per heavy atom. The van der Waals surface area contributed by atoms with Gasteiger partial charge in [0.2, 0.25) is 13.4 Å². The van der Waals surface area contributed by atoms with Gasteiger partial charge in [0.15, 0.2) is 11.2 Å². The molecule has 0 aliphatic heterocycles. The van der Waals surface area contributed by atoms with E-state index in [1.54, 1.807) is 41.8 Å². The first-order chi connectivity index (χ1) is 18.1. The lowest BCUT2D eigenvalue weighted by molar-refractivity contribution is -0.144. The maximum absolute atomic E-state index is 14.0. The van der Waals surface area contributed by atoms with Crippen LogP contribution in [0.15, 0.2) is 41.5 Å². The minimum absolute atomic E-state index is 0.0480. The first-order valence-electron chi connectivity index (χ1n) is 12.0. The average Bonchev–Trinajstić information content (AvgIpc) is 3.54. The van der Waals surface area contributed by atoms with E-state index in [9.17, 15) is 18.9 Å². The summed E-state index contributed by atoms with van der Waals surface area (Å²) in [7, 11) is -3.68. The number of aromatic amines is 1. The monoisotopic (exact) mass is 547 g/mol. The largest absolute Gasteiger partial charge is 0.465 e. The first kappa shape index (κ1) is 27.5. The highest BCUT2D eigenvalue weighted by Crippen LogP contribution is 2.48. The summed E-state index contributed by atoms with van der Waals surface area (Å²) in [5.74, 6) is -0.850. The van der Waals surface area contributed by atoms with Gasteiger partial charge in [-0.1, -0.05) is 18.2 Å². The van der Waals surface area contributed by atoms with Crippen LogP contribution >= 0.6 is 7.44 Å². The first-order valence-corrected chi connectivity index (χ1v) is 13.9. The number of H-pyrrole nitrogens is 1. The van der Waals surface area contributed by atoms with Crippen LogP contribution in [0.2, 0.25) is 0 Å². The molecule has 0 amide bonds. The van der Waals surface area contributed by atoms with Crippen molar-refractivity contribution >= 4 is 36.5 Å². The Kier molecular flexibility index (Phi) is 8.26. The van der Waals surface area contributed by atoms with E-state index in [2.05, 4.69) is 25.1 Å². The fourth-order valence-electron chi connectivity index (χ4n) is 3.75. The summed E-state index contributed by atoms with van der Waals surface area (Å²) >= 11 is 0. The number of benzene rings is 1.